The molecule has 1 atom stereocenters. The Labute approximate surface area is 86.7 Å². The average molecular weight is 212 g/mol. The third-order valence-corrected chi connectivity index (χ3v) is 3.22. The molecular weight excluding hydrogens is 200 g/mol. The standard InChI is InChI=1S/C8H12N4OS/c14-8-9-7(10-13-8)6-5-11-1-3-12(6)4-2-11/h6H,1-5H2,(H,9,10,14). The molecule has 1 aromatic heterocycles. The zero-order chi connectivity index (χ0) is 9.54. The second-order valence-corrected chi connectivity index (χ2v) is 4.17. The van der Waals surface area contributed by atoms with Crippen molar-refractivity contribution >= 4 is 12.2 Å². The lowest BCUT2D eigenvalue weighted by Gasteiger charge is -2.46. The van der Waals surface area contributed by atoms with Crippen LogP contribution in [0, 0.1) is 4.84 Å². The Hall–Kier alpha value is -0.720. The first kappa shape index (κ1) is 8.58. The summed E-state index contributed by atoms with van der Waals surface area (Å²) >= 11 is 4.85. The number of H-pyrrole nitrogens is 1. The van der Waals surface area contributed by atoms with Crippen LogP contribution in [-0.4, -0.2) is 52.7 Å². The molecule has 4 rings (SSSR count). The first-order valence-electron chi connectivity index (χ1n) is 4.85. The SMILES string of the molecule is S=c1nc(C2CN3CCN2CC3)[nH]o1. The van der Waals surface area contributed by atoms with Gasteiger partial charge in [-0.25, -0.2) is 5.16 Å². The van der Waals surface area contributed by atoms with Crippen LogP contribution in [0.1, 0.15) is 11.9 Å². The maximum atomic E-state index is 4.96. The molecule has 0 amide bonds. The summed E-state index contributed by atoms with van der Waals surface area (Å²) in [5, 5.41) is 2.80. The third kappa shape index (κ3) is 1.30. The molecule has 6 heteroatoms. The van der Waals surface area contributed by atoms with Gasteiger partial charge in [-0.05, 0) is 12.2 Å². The summed E-state index contributed by atoms with van der Waals surface area (Å²) in [7, 11) is 0. The summed E-state index contributed by atoms with van der Waals surface area (Å²) in [5.41, 5.74) is 0. The lowest BCUT2D eigenvalue weighted by atomic mass is 10.1. The van der Waals surface area contributed by atoms with Crippen LogP contribution in [-0.2, 0) is 0 Å². The molecule has 76 valence electrons. The van der Waals surface area contributed by atoms with Gasteiger partial charge in [0.1, 0.15) is 0 Å². The van der Waals surface area contributed by atoms with E-state index >= 15 is 0 Å². The van der Waals surface area contributed by atoms with Gasteiger partial charge in [-0.15, -0.1) is 0 Å². The first-order valence-corrected chi connectivity index (χ1v) is 5.25. The van der Waals surface area contributed by atoms with Gasteiger partial charge in [0.05, 0.1) is 6.04 Å². The first-order chi connectivity index (χ1) is 6.83. The number of fused-ring (bicyclic) bond motifs is 3. The van der Waals surface area contributed by atoms with Crippen LogP contribution in [0.5, 0.6) is 0 Å². The van der Waals surface area contributed by atoms with Gasteiger partial charge < -0.3 is 4.52 Å². The van der Waals surface area contributed by atoms with E-state index in [9.17, 15) is 0 Å². The Bertz CT molecular complexity index is 379. The minimum absolute atomic E-state index is 0.303. The predicted octanol–water partition coefficient (Wildman–Crippen LogP) is 0.404. The number of piperazine rings is 3. The number of aromatic nitrogens is 2. The molecule has 14 heavy (non-hydrogen) atoms. The minimum atomic E-state index is 0.303. The number of hydrogen-bond donors (Lipinski definition) is 1. The van der Waals surface area contributed by atoms with Gasteiger partial charge in [0, 0.05) is 32.7 Å². The monoisotopic (exact) mass is 212 g/mol. The normalized spacial score (nSPS) is 36.1. The van der Waals surface area contributed by atoms with Gasteiger partial charge in [-0.3, -0.25) is 9.80 Å². The Kier molecular flexibility index (Phi) is 1.93. The molecule has 3 aliphatic rings. The molecule has 0 aromatic carbocycles. The van der Waals surface area contributed by atoms with Crippen molar-refractivity contribution in [2.45, 2.75) is 6.04 Å². The fourth-order valence-electron chi connectivity index (χ4n) is 2.26. The molecule has 5 nitrogen and oxygen atoms in total. The van der Waals surface area contributed by atoms with Crippen molar-refractivity contribution in [2.24, 2.45) is 0 Å². The number of nitrogens with one attached hydrogen (secondary N) is 1. The number of nitrogens with zero attached hydrogens (tertiary/aromatic N) is 3. The molecule has 3 saturated heterocycles. The largest absolute Gasteiger partial charge is 0.348 e. The van der Waals surface area contributed by atoms with E-state index in [2.05, 4.69) is 19.9 Å². The summed E-state index contributed by atoms with van der Waals surface area (Å²) in [6.45, 7) is 5.64. The smallest absolute Gasteiger partial charge is 0.314 e. The van der Waals surface area contributed by atoms with Crippen LogP contribution in [0.25, 0.3) is 0 Å². The Morgan fingerprint density at radius 2 is 2.14 bits per heavy atom. The molecule has 0 aliphatic carbocycles. The second kappa shape index (κ2) is 3.15. The third-order valence-electron chi connectivity index (χ3n) is 3.05. The quantitative estimate of drug-likeness (QED) is 0.683. The molecule has 0 saturated carbocycles. The summed E-state index contributed by atoms with van der Waals surface area (Å²) in [6.07, 6.45) is 0. The van der Waals surface area contributed by atoms with Crippen molar-refractivity contribution < 1.29 is 4.52 Å². The highest BCUT2D eigenvalue weighted by atomic mass is 32.1. The maximum absolute atomic E-state index is 4.96. The highest BCUT2D eigenvalue weighted by Crippen LogP contribution is 2.26. The molecule has 0 radical (unpaired) electrons. The van der Waals surface area contributed by atoms with Gasteiger partial charge in [0.2, 0.25) is 0 Å². The van der Waals surface area contributed by atoms with E-state index in [-0.39, 0.29) is 0 Å². The Morgan fingerprint density at radius 3 is 2.64 bits per heavy atom. The summed E-state index contributed by atoms with van der Waals surface area (Å²) in [4.78, 5) is 9.37. The molecule has 2 bridgehead atoms. The predicted molar refractivity (Wildman–Crippen MR) is 52.4 cm³/mol. The zero-order valence-electron chi connectivity index (χ0n) is 7.77. The number of hydrogen-bond acceptors (Lipinski definition) is 5. The van der Waals surface area contributed by atoms with E-state index in [1.165, 1.54) is 13.1 Å². The fraction of sp³-hybridized carbons (Fsp3) is 0.750. The molecular formula is C8H12N4OS. The summed E-state index contributed by atoms with van der Waals surface area (Å²) < 4.78 is 4.96. The van der Waals surface area contributed by atoms with Crippen LogP contribution in [0.15, 0.2) is 4.52 Å². The molecule has 0 spiro atoms. The summed E-state index contributed by atoms with van der Waals surface area (Å²) in [6, 6.07) is 0.345. The van der Waals surface area contributed by atoms with E-state index in [1.807, 2.05) is 0 Å². The van der Waals surface area contributed by atoms with Gasteiger partial charge in [0.15, 0.2) is 5.82 Å². The summed E-state index contributed by atoms with van der Waals surface area (Å²) in [5.74, 6) is 0.874. The van der Waals surface area contributed by atoms with E-state index in [0.29, 0.717) is 10.9 Å². The molecule has 1 aromatic rings. The lowest BCUT2D eigenvalue weighted by molar-refractivity contribution is 0.00781. The van der Waals surface area contributed by atoms with Crippen LogP contribution in [0.3, 0.4) is 0 Å². The van der Waals surface area contributed by atoms with Crippen LogP contribution in [0.2, 0.25) is 0 Å². The topological polar surface area (TPSA) is 48.3 Å². The molecule has 3 fully saturated rings. The van der Waals surface area contributed by atoms with E-state index < -0.39 is 0 Å². The average Bonchev–Trinajstić information content (AvgIpc) is 2.66. The highest BCUT2D eigenvalue weighted by Gasteiger charge is 2.34. The van der Waals surface area contributed by atoms with Gasteiger partial charge in [0.25, 0.3) is 0 Å². The van der Waals surface area contributed by atoms with Crippen LogP contribution >= 0.6 is 12.2 Å². The maximum Gasteiger partial charge on any atom is 0.314 e. The van der Waals surface area contributed by atoms with E-state index in [1.54, 1.807) is 0 Å². The van der Waals surface area contributed by atoms with Crippen molar-refractivity contribution in [3.05, 3.63) is 10.7 Å². The zero-order valence-corrected chi connectivity index (χ0v) is 8.59. The minimum Gasteiger partial charge on any atom is -0.348 e. The molecule has 1 unspecified atom stereocenters. The number of aromatic amines is 1. The van der Waals surface area contributed by atoms with Gasteiger partial charge >= 0.3 is 4.84 Å². The van der Waals surface area contributed by atoms with Crippen molar-refractivity contribution in [3.8, 4) is 0 Å². The lowest BCUT2D eigenvalue weighted by Crippen LogP contribution is -2.57. The van der Waals surface area contributed by atoms with E-state index in [0.717, 1.165) is 25.5 Å². The molecule has 3 aliphatic heterocycles. The van der Waals surface area contributed by atoms with Crippen LogP contribution in [0.4, 0.5) is 0 Å². The van der Waals surface area contributed by atoms with Gasteiger partial charge in [-0.1, -0.05) is 0 Å². The van der Waals surface area contributed by atoms with Gasteiger partial charge in [-0.2, -0.15) is 4.98 Å². The second-order valence-electron chi connectivity index (χ2n) is 3.82. The van der Waals surface area contributed by atoms with E-state index in [4.69, 9.17) is 16.7 Å². The number of rotatable bonds is 1. The Morgan fingerprint density at radius 1 is 1.36 bits per heavy atom. The van der Waals surface area contributed by atoms with Crippen LogP contribution < -0.4 is 0 Å². The Balaban J connectivity index is 1.89. The molecule has 1 N–H and O–H groups in total. The molecule has 4 heterocycles. The van der Waals surface area contributed by atoms with Crippen molar-refractivity contribution in [1.82, 2.24) is 19.9 Å². The fourth-order valence-corrected chi connectivity index (χ4v) is 2.40. The van der Waals surface area contributed by atoms with Crippen molar-refractivity contribution in [1.29, 1.82) is 0 Å². The van der Waals surface area contributed by atoms with Crippen molar-refractivity contribution in [3.63, 3.8) is 0 Å². The highest BCUT2D eigenvalue weighted by molar-refractivity contribution is 7.71. The van der Waals surface area contributed by atoms with Crippen molar-refractivity contribution in [2.75, 3.05) is 32.7 Å².